The lowest BCUT2D eigenvalue weighted by Crippen LogP contribution is -2.15. The first-order valence-corrected chi connectivity index (χ1v) is 8.59. The van der Waals surface area contributed by atoms with Crippen LogP contribution < -0.4 is 10.5 Å². The first kappa shape index (κ1) is 16.0. The molecule has 1 aliphatic carbocycles. The second kappa shape index (κ2) is 6.60. The number of rotatable bonds is 4. The molecular formula is C14H17ClN2O3S. The third-order valence-corrected chi connectivity index (χ3v) is 4.55. The second-order valence-electron chi connectivity index (χ2n) is 5.02. The summed E-state index contributed by atoms with van der Waals surface area (Å²) >= 11 is 5.97. The van der Waals surface area contributed by atoms with Crippen molar-refractivity contribution in [2.45, 2.75) is 37.0 Å². The second-order valence-corrected chi connectivity index (χ2v) is 6.99. The van der Waals surface area contributed by atoms with Gasteiger partial charge in [0, 0.05) is 6.42 Å². The number of halogens is 1. The van der Waals surface area contributed by atoms with Gasteiger partial charge in [0.25, 0.3) is 0 Å². The van der Waals surface area contributed by atoms with Gasteiger partial charge in [-0.1, -0.05) is 23.3 Å². The molecule has 1 aliphatic rings. The van der Waals surface area contributed by atoms with Crippen LogP contribution in [0, 0.1) is 0 Å². The van der Waals surface area contributed by atoms with Gasteiger partial charge in [0.1, 0.15) is 0 Å². The summed E-state index contributed by atoms with van der Waals surface area (Å²) in [6.07, 6.45) is 6.58. The van der Waals surface area contributed by atoms with E-state index in [2.05, 4.69) is 11.4 Å². The highest BCUT2D eigenvalue weighted by Crippen LogP contribution is 2.26. The third-order valence-electron chi connectivity index (χ3n) is 3.31. The Morgan fingerprint density at radius 1 is 1.33 bits per heavy atom. The van der Waals surface area contributed by atoms with E-state index in [-0.39, 0.29) is 21.5 Å². The fraction of sp³-hybridized carbons (Fsp3) is 0.357. The number of primary sulfonamides is 1. The molecule has 1 amide bonds. The van der Waals surface area contributed by atoms with Crippen molar-refractivity contribution in [2.75, 3.05) is 5.32 Å². The monoisotopic (exact) mass is 328 g/mol. The molecule has 0 bridgehead atoms. The highest BCUT2D eigenvalue weighted by molar-refractivity contribution is 7.89. The van der Waals surface area contributed by atoms with E-state index in [1.54, 1.807) is 0 Å². The number of carbonyl (C=O) groups excluding carboxylic acids is 1. The van der Waals surface area contributed by atoms with E-state index >= 15 is 0 Å². The maximum Gasteiger partial charge on any atom is 0.238 e. The van der Waals surface area contributed by atoms with Crippen LogP contribution in [-0.4, -0.2) is 14.3 Å². The third kappa shape index (κ3) is 4.56. The minimum atomic E-state index is -3.83. The van der Waals surface area contributed by atoms with Gasteiger partial charge in [0.2, 0.25) is 15.9 Å². The molecule has 0 radical (unpaired) electrons. The van der Waals surface area contributed by atoms with Crippen molar-refractivity contribution in [2.24, 2.45) is 5.14 Å². The van der Waals surface area contributed by atoms with Gasteiger partial charge >= 0.3 is 0 Å². The predicted molar refractivity (Wildman–Crippen MR) is 82.6 cm³/mol. The van der Waals surface area contributed by atoms with E-state index < -0.39 is 10.0 Å². The van der Waals surface area contributed by atoms with Crippen LogP contribution in [0.5, 0.6) is 0 Å². The van der Waals surface area contributed by atoms with Gasteiger partial charge in [-0.3, -0.25) is 4.79 Å². The van der Waals surface area contributed by atoms with E-state index in [4.69, 9.17) is 16.7 Å². The molecule has 0 heterocycles. The van der Waals surface area contributed by atoms with Crippen molar-refractivity contribution in [1.29, 1.82) is 0 Å². The van der Waals surface area contributed by atoms with Gasteiger partial charge in [-0.15, -0.1) is 0 Å². The number of nitrogens with one attached hydrogen (secondary N) is 1. The molecule has 114 valence electrons. The van der Waals surface area contributed by atoms with Crippen LogP contribution in [0.4, 0.5) is 5.69 Å². The van der Waals surface area contributed by atoms with Crippen LogP contribution in [0.2, 0.25) is 5.02 Å². The van der Waals surface area contributed by atoms with Crippen LogP contribution >= 0.6 is 11.6 Å². The number of allylic oxidation sites excluding steroid dienone is 1. The highest BCUT2D eigenvalue weighted by Gasteiger charge is 2.14. The van der Waals surface area contributed by atoms with Gasteiger partial charge in [-0.05, 0) is 43.9 Å². The Morgan fingerprint density at radius 3 is 2.71 bits per heavy atom. The molecule has 0 aromatic heterocycles. The number of benzene rings is 1. The van der Waals surface area contributed by atoms with Crippen molar-refractivity contribution in [1.82, 2.24) is 0 Å². The molecule has 0 fully saturated rings. The minimum absolute atomic E-state index is 0.0842. The topological polar surface area (TPSA) is 89.3 Å². The number of anilines is 1. The first-order valence-electron chi connectivity index (χ1n) is 6.66. The maximum atomic E-state index is 12.0. The fourth-order valence-electron chi connectivity index (χ4n) is 2.24. The maximum absolute atomic E-state index is 12.0. The lowest BCUT2D eigenvalue weighted by molar-refractivity contribution is -0.115. The van der Waals surface area contributed by atoms with Gasteiger partial charge < -0.3 is 5.32 Å². The Bertz CT molecular complexity index is 683. The molecule has 5 nitrogen and oxygen atoms in total. The van der Waals surface area contributed by atoms with Crippen molar-refractivity contribution in [3.63, 3.8) is 0 Å². The van der Waals surface area contributed by atoms with Gasteiger partial charge in [0.05, 0.1) is 15.6 Å². The molecule has 21 heavy (non-hydrogen) atoms. The molecule has 0 saturated heterocycles. The number of carbonyl (C=O) groups is 1. The Kier molecular flexibility index (Phi) is 5.03. The predicted octanol–water partition coefficient (Wildman–Crippen LogP) is 2.82. The summed E-state index contributed by atoms with van der Waals surface area (Å²) in [7, 11) is -3.83. The fourth-order valence-corrected chi connectivity index (χ4v) is 2.95. The summed E-state index contributed by atoms with van der Waals surface area (Å²) in [4.78, 5) is 11.9. The molecular weight excluding hydrogens is 312 g/mol. The normalized spacial score (nSPS) is 15.4. The quantitative estimate of drug-likeness (QED) is 0.833. The molecule has 0 atom stereocenters. The molecule has 0 aliphatic heterocycles. The van der Waals surface area contributed by atoms with Gasteiger partial charge in [-0.25, -0.2) is 13.6 Å². The standard InChI is InChI=1S/C14H17ClN2O3S/c15-12-7-6-11(21(16,19)20)9-13(12)17-14(18)8-10-4-2-1-3-5-10/h4,6-7,9H,1-3,5,8H2,(H,17,18)(H2,16,19,20). The summed E-state index contributed by atoms with van der Waals surface area (Å²) < 4.78 is 22.6. The average molecular weight is 329 g/mol. The number of sulfonamides is 1. The van der Waals surface area contributed by atoms with Gasteiger partial charge in [-0.2, -0.15) is 0 Å². The Morgan fingerprint density at radius 2 is 2.10 bits per heavy atom. The number of hydrogen-bond donors (Lipinski definition) is 2. The van der Waals surface area contributed by atoms with E-state index in [1.165, 1.54) is 18.2 Å². The summed E-state index contributed by atoms with van der Waals surface area (Å²) in [6.45, 7) is 0. The largest absolute Gasteiger partial charge is 0.324 e. The highest BCUT2D eigenvalue weighted by atomic mass is 35.5. The van der Waals surface area contributed by atoms with Crippen molar-refractivity contribution in [3.05, 3.63) is 34.9 Å². The van der Waals surface area contributed by atoms with Crippen LogP contribution in [0.1, 0.15) is 32.1 Å². The zero-order valence-corrected chi connectivity index (χ0v) is 13.0. The lowest BCUT2D eigenvalue weighted by atomic mass is 9.97. The van der Waals surface area contributed by atoms with E-state index in [1.807, 2.05) is 0 Å². The van der Waals surface area contributed by atoms with Crippen LogP contribution in [0.3, 0.4) is 0 Å². The van der Waals surface area contributed by atoms with E-state index in [9.17, 15) is 13.2 Å². The van der Waals surface area contributed by atoms with E-state index in [0.29, 0.717) is 6.42 Å². The molecule has 0 saturated carbocycles. The summed E-state index contributed by atoms with van der Waals surface area (Å²) in [5.41, 5.74) is 1.36. The summed E-state index contributed by atoms with van der Waals surface area (Å²) in [5, 5.41) is 7.97. The SMILES string of the molecule is NS(=O)(=O)c1ccc(Cl)c(NC(=O)CC2=CCCCC2)c1. The molecule has 2 rings (SSSR count). The van der Waals surface area contributed by atoms with Gasteiger partial charge in [0.15, 0.2) is 0 Å². The van der Waals surface area contributed by atoms with E-state index in [0.717, 1.165) is 31.3 Å². The lowest BCUT2D eigenvalue weighted by Gasteiger charge is -2.13. The first-order chi connectivity index (χ1) is 9.86. The molecule has 3 N–H and O–H groups in total. The Balaban J connectivity index is 2.11. The van der Waals surface area contributed by atoms with Crippen molar-refractivity contribution in [3.8, 4) is 0 Å². The van der Waals surface area contributed by atoms with Crippen molar-refractivity contribution < 1.29 is 13.2 Å². The molecule has 0 unspecified atom stereocenters. The summed E-state index contributed by atoms with van der Waals surface area (Å²) in [5.74, 6) is -0.211. The van der Waals surface area contributed by atoms with Crippen molar-refractivity contribution >= 4 is 33.2 Å². The molecule has 1 aromatic carbocycles. The Labute approximate surface area is 129 Å². The van der Waals surface area contributed by atoms with Crippen LogP contribution in [-0.2, 0) is 14.8 Å². The average Bonchev–Trinajstić information content (AvgIpc) is 2.41. The van der Waals surface area contributed by atoms with Crippen LogP contribution in [0.25, 0.3) is 0 Å². The zero-order valence-electron chi connectivity index (χ0n) is 11.4. The molecule has 0 spiro atoms. The zero-order chi connectivity index (χ0) is 15.5. The minimum Gasteiger partial charge on any atom is -0.324 e. The Hall–Kier alpha value is -1.37. The molecule has 7 heteroatoms. The van der Waals surface area contributed by atoms with Crippen LogP contribution in [0.15, 0.2) is 34.7 Å². The smallest absolute Gasteiger partial charge is 0.238 e. The summed E-state index contributed by atoms with van der Waals surface area (Å²) in [6, 6.07) is 3.97. The number of nitrogens with two attached hydrogens (primary N) is 1. The number of amides is 1. The molecule has 1 aromatic rings. The number of hydrogen-bond acceptors (Lipinski definition) is 3.